The Morgan fingerprint density at radius 3 is 1.89 bits per heavy atom. The molecule has 1 N–H and O–H groups in total. The van der Waals surface area contributed by atoms with Crippen LogP contribution in [0.3, 0.4) is 0 Å². The minimum Gasteiger partial charge on any atom is -0.497 e. The minimum atomic E-state index is -3.96. The molecular formula is C21H20N2O4S. The molecule has 3 rings (SSSR count). The first-order chi connectivity index (χ1) is 13.5. The predicted octanol–water partition coefficient (Wildman–Crippen LogP) is 3.43. The molecule has 7 heteroatoms. The summed E-state index contributed by atoms with van der Waals surface area (Å²) in [5, 5.41) is 4.22. The van der Waals surface area contributed by atoms with Gasteiger partial charge < -0.3 is 9.47 Å². The highest BCUT2D eigenvalue weighted by atomic mass is 32.2. The third-order valence-electron chi connectivity index (χ3n) is 4.03. The molecule has 3 aromatic rings. The molecule has 0 aliphatic carbocycles. The van der Waals surface area contributed by atoms with Crippen LogP contribution in [0.15, 0.2) is 88.9 Å². The van der Waals surface area contributed by atoms with Gasteiger partial charge in [-0.15, -0.1) is 0 Å². The van der Waals surface area contributed by atoms with Gasteiger partial charge in [-0.1, -0.05) is 60.7 Å². The molecule has 6 nitrogen and oxygen atoms in total. The zero-order valence-corrected chi connectivity index (χ0v) is 16.3. The first kappa shape index (κ1) is 19.4. The van der Waals surface area contributed by atoms with Crippen LogP contribution in [0.2, 0.25) is 0 Å². The highest BCUT2D eigenvalue weighted by Crippen LogP contribution is 2.28. The molecule has 0 radical (unpaired) electrons. The number of rotatable bonds is 7. The summed E-state index contributed by atoms with van der Waals surface area (Å²) in [6, 6.07) is 23.2. The molecule has 0 aliphatic rings. The van der Waals surface area contributed by atoms with Crippen LogP contribution in [0.4, 0.5) is 0 Å². The van der Waals surface area contributed by atoms with Crippen molar-refractivity contribution in [2.75, 3.05) is 14.2 Å². The van der Waals surface area contributed by atoms with Crippen molar-refractivity contribution in [1.82, 2.24) is 4.83 Å². The van der Waals surface area contributed by atoms with E-state index < -0.39 is 10.0 Å². The fourth-order valence-electron chi connectivity index (χ4n) is 2.64. The van der Waals surface area contributed by atoms with Crippen molar-refractivity contribution >= 4 is 15.7 Å². The topological polar surface area (TPSA) is 77.0 Å². The number of hydrogen-bond donors (Lipinski definition) is 1. The summed E-state index contributed by atoms with van der Waals surface area (Å²) in [6.45, 7) is 0. The van der Waals surface area contributed by atoms with E-state index >= 15 is 0 Å². The summed E-state index contributed by atoms with van der Waals surface area (Å²) in [5.74, 6) is 0.664. The van der Waals surface area contributed by atoms with Gasteiger partial charge in [-0.25, -0.2) is 0 Å². The number of hydrogen-bond acceptors (Lipinski definition) is 5. The van der Waals surface area contributed by atoms with Crippen LogP contribution < -0.4 is 14.3 Å². The molecule has 144 valence electrons. The Kier molecular flexibility index (Phi) is 5.96. The van der Waals surface area contributed by atoms with E-state index in [-0.39, 0.29) is 10.6 Å². The second kappa shape index (κ2) is 8.58. The first-order valence-corrected chi connectivity index (χ1v) is 9.96. The molecule has 0 saturated heterocycles. The van der Waals surface area contributed by atoms with E-state index in [2.05, 4.69) is 9.93 Å². The summed E-state index contributed by atoms with van der Waals surface area (Å²) < 4.78 is 36.0. The van der Waals surface area contributed by atoms with E-state index in [9.17, 15) is 8.42 Å². The maximum absolute atomic E-state index is 12.8. The zero-order valence-electron chi connectivity index (χ0n) is 15.5. The van der Waals surface area contributed by atoms with Gasteiger partial charge in [0.25, 0.3) is 10.0 Å². The fraction of sp³-hybridized carbons (Fsp3) is 0.0952. The van der Waals surface area contributed by atoms with E-state index in [4.69, 9.17) is 9.47 Å². The Bertz CT molecular complexity index is 1020. The van der Waals surface area contributed by atoms with Gasteiger partial charge in [0.1, 0.15) is 16.4 Å². The lowest BCUT2D eigenvalue weighted by Crippen LogP contribution is -2.21. The molecular weight excluding hydrogens is 376 g/mol. The third kappa shape index (κ3) is 4.32. The summed E-state index contributed by atoms with van der Waals surface area (Å²) in [5.41, 5.74) is 2.09. The van der Waals surface area contributed by atoms with Crippen LogP contribution in [0.1, 0.15) is 11.1 Å². The van der Waals surface area contributed by atoms with Gasteiger partial charge in [0.15, 0.2) is 0 Å². The zero-order chi connectivity index (χ0) is 20.0. The van der Waals surface area contributed by atoms with E-state index in [1.807, 2.05) is 60.7 Å². The Morgan fingerprint density at radius 1 is 0.821 bits per heavy atom. The van der Waals surface area contributed by atoms with Crippen molar-refractivity contribution in [3.8, 4) is 11.5 Å². The highest BCUT2D eigenvalue weighted by Gasteiger charge is 2.20. The van der Waals surface area contributed by atoms with Gasteiger partial charge in [0, 0.05) is 17.2 Å². The molecule has 0 spiro atoms. The smallest absolute Gasteiger partial charge is 0.280 e. The van der Waals surface area contributed by atoms with Crippen molar-refractivity contribution in [2.24, 2.45) is 5.10 Å². The molecule has 0 aromatic heterocycles. The van der Waals surface area contributed by atoms with Crippen LogP contribution in [0.5, 0.6) is 11.5 Å². The van der Waals surface area contributed by atoms with Gasteiger partial charge >= 0.3 is 0 Å². The van der Waals surface area contributed by atoms with E-state index in [1.54, 1.807) is 6.07 Å². The molecule has 0 fully saturated rings. The summed E-state index contributed by atoms with van der Waals surface area (Å²) >= 11 is 0. The number of ether oxygens (including phenoxy) is 2. The monoisotopic (exact) mass is 396 g/mol. The standard InChI is InChI=1S/C21H20N2O4S/c1-26-18-13-14-20(19(15-18)27-2)28(24,25)23-22-21(16-9-5-3-6-10-16)17-11-7-4-8-12-17/h3-15,23H,1-2H3. The van der Waals surface area contributed by atoms with Gasteiger partial charge in [0.05, 0.1) is 19.9 Å². The predicted molar refractivity (Wildman–Crippen MR) is 108 cm³/mol. The van der Waals surface area contributed by atoms with E-state index in [1.165, 1.54) is 26.4 Å². The lowest BCUT2D eigenvalue weighted by Gasteiger charge is -2.12. The normalized spacial score (nSPS) is 10.8. The van der Waals surface area contributed by atoms with Crippen molar-refractivity contribution < 1.29 is 17.9 Å². The molecule has 3 aromatic carbocycles. The second-order valence-electron chi connectivity index (χ2n) is 5.80. The number of hydrazone groups is 1. The van der Waals surface area contributed by atoms with Gasteiger partial charge in [-0.05, 0) is 12.1 Å². The van der Waals surface area contributed by atoms with E-state index in [0.717, 1.165) is 11.1 Å². The maximum atomic E-state index is 12.8. The number of nitrogens with zero attached hydrogens (tertiary/aromatic N) is 1. The first-order valence-electron chi connectivity index (χ1n) is 8.47. The Balaban J connectivity index is 2.01. The average Bonchev–Trinajstić information content (AvgIpc) is 2.74. The number of methoxy groups -OCH3 is 2. The Morgan fingerprint density at radius 2 is 1.39 bits per heavy atom. The largest absolute Gasteiger partial charge is 0.497 e. The second-order valence-corrected chi connectivity index (χ2v) is 7.43. The van der Waals surface area contributed by atoms with Crippen LogP contribution in [-0.2, 0) is 10.0 Å². The quantitative estimate of drug-likeness (QED) is 0.490. The van der Waals surface area contributed by atoms with Gasteiger partial charge in [-0.2, -0.15) is 18.4 Å². The van der Waals surface area contributed by atoms with Crippen molar-refractivity contribution in [1.29, 1.82) is 0 Å². The van der Waals surface area contributed by atoms with Crippen LogP contribution in [0, 0.1) is 0 Å². The van der Waals surface area contributed by atoms with Crippen molar-refractivity contribution in [3.05, 3.63) is 90.0 Å². The molecule has 0 aliphatic heterocycles. The summed E-state index contributed by atoms with van der Waals surface area (Å²) in [6.07, 6.45) is 0. The Labute approximate surface area is 164 Å². The molecule has 0 unspecified atom stereocenters. The third-order valence-corrected chi connectivity index (χ3v) is 5.28. The highest BCUT2D eigenvalue weighted by molar-refractivity contribution is 7.89. The molecule has 0 amide bonds. The number of sulfonamides is 1. The van der Waals surface area contributed by atoms with E-state index in [0.29, 0.717) is 11.5 Å². The molecule has 28 heavy (non-hydrogen) atoms. The summed E-state index contributed by atoms with van der Waals surface area (Å²) in [4.78, 5) is 2.30. The van der Waals surface area contributed by atoms with Crippen molar-refractivity contribution in [2.45, 2.75) is 4.90 Å². The average molecular weight is 396 g/mol. The van der Waals surface area contributed by atoms with Crippen LogP contribution >= 0.6 is 0 Å². The maximum Gasteiger partial charge on any atom is 0.280 e. The summed E-state index contributed by atoms with van der Waals surface area (Å²) in [7, 11) is -1.06. The van der Waals surface area contributed by atoms with Gasteiger partial charge in [-0.3, -0.25) is 0 Å². The number of nitrogens with one attached hydrogen (secondary N) is 1. The SMILES string of the molecule is COc1ccc(S(=O)(=O)NN=C(c2ccccc2)c2ccccc2)c(OC)c1. The van der Waals surface area contributed by atoms with Crippen LogP contribution in [-0.4, -0.2) is 28.3 Å². The number of benzene rings is 3. The molecule has 0 bridgehead atoms. The molecule has 0 heterocycles. The Hall–Kier alpha value is -3.32. The molecule has 0 atom stereocenters. The van der Waals surface area contributed by atoms with Gasteiger partial charge in [0.2, 0.25) is 0 Å². The fourth-order valence-corrected chi connectivity index (χ4v) is 3.60. The lowest BCUT2D eigenvalue weighted by molar-refractivity contribution is 0.386. The lowest BCUT2D eigenvalue weighted by atomic mass is 10.0. The van der Waals surface area contributed by atoms with Crippen LogP contribution in [0.25, 0.3) is 0 Å². The minimum absolute atomic E-state index is 0.0278. The molecule has 0 saturated carbocycles. The van der Waals surface area contributed by atoms with Crippen molar-refractivity contribution in [3.63, 3.8) is 0 Å².